The van der Waals surface area contributed by atoms with Crippen LogP contribution in [0, 0.1) is 5.82 Å². The Bertz CT molecular complexity index is 996. The van der Waals surface area contributed by atoms with Crippen LogP contribution in [0.25, 0.3) is 0 Å². The van der Waals surface area contributed by atoms with Crippen LogP contribution < -0.4 is 5.32 Å². The SMILES string of the molecule is O=C(CCN1CCN(S(=O)(=O)c2ccc(Cl)c(Cl)c2)CC1)Nc1cccc(F)c1. The average molecular weight is 460 g/mol. The first-order valence-corrected chi connectivity index (χ1v) is 11.2. The molecule has 6 nitrogen and oxygen atoms in total. The number of halogens is 3. The highest BCUT2D eigenvalue weighted by atomic mass is 35.5. The number of piperazine rings is 1. The van der Waals surface area contributed by atoms with E-state index in [9.17, 15) is 17.6 Å². The van der Waals surface area contributed by atoms with Crippen molar-refractivity contribution in [2.24, 2.45) is 0 Å². The zero-order chi connectivity index (χ0) is 21.0. The number of carbonyl (C=O) groups is 1. The molecule has 1 heterocycles. The number of hydrogen-bond donors (Lipinski definition) is 1. The third kappa shape index (κ3) is 5.67. The molecule has 0 aliphatic carbocycles. The minimum atomic E-state index is -3.65. The van der Waals surface area contributed by atoms with Crippen LogP contribution in [0.1, 0.15) is 6.42 Å². The summed E-state index contributed by atoms with van der Waals surface area (Å²) in [6.07, 6.45) is 0.232. The molecule has 0 bridgehead atoms. The highest BCUT2D eigenvalue weighted by Crippen LogP contribution is 2.27. The lowest BCUT2D eigenvalue weighted by atomic mass is 10.2. The van der Waals surface area contributed by atoms with Gasteiger partial charge < -0.3 is 10.2 Å². The van der Waals surface area contributed by atoms with E-state index in [2.05, 4.69) is 5.32 Å². The van der Waals surface area contributed by atoms with Gasteiger partial charge in [-0.3, -0.25) is 4.79 Å². The summed E-state index contributed by atoms with van der Waals surface area (Å²) in [7, 11) is -3.65. The minimum absolute atomic E-state index is 0.106. The van der Waals surface area contributed by atoms with Gasteiger partial charge in [0, 0.05) is 44.8 Å². The highest BCUT2D eigenvalue weighted by Gasteiger charge is 2.29. The summed E-state index contributed by atoms with van der Waals surface area (Å²) in [5.74, 6) is -0.636. The summed E-state index contributed by atoms with van der Waals surface area (Å²) in [5.41, 5.74) is 0.410. The first kappa shape index (κ1) is 22.0. The van der Waals surface area contributed by atoms with E-state index in [-0.39, 0.29) is 22.2 Å². The lowest BCUT2D eigenvalue weighted by Crippen LogP contribution is -2.49. The van der Waals surface area contributed by atoms with Gasteiger partial charge in [-0.2, -0.15) is 4.31 Å². The molecule has 0 atom stereocenters. The first-order valence-electron chi connectivity index (χ1n) is 8.99. The molecule has 1 aliphatic rings. The van der Waals surface area contributed by atoms with E-state index in [4.69, 9.17) is 23.2 Å². The van der Waals surface area contributed by atoms with Gasteiger partial charge in [0.1, 0.15) is 5.82 Å². The number of rotatable bonds is 6. The Morgan fingerprint density at radius 3 is 2.41 bits per heavy atom. The van der Waals surface area contributed by atoms with E-state index < -0.39 is 15.8 Å². The molecule has 0 spiro atoms. The lowest BCUT2D eigenvalue weighted by Gasteiger charge is -2.33. The van der Waals surface area contributed by atoms with Crippen molar-refractivity contribution < 1.29 is 17.6 Å². The van der Waals surface area contributed by atoms with Gasteiger partial charge in [-0.15, -0.1) is 0 Å². The Labute approximate surface area is 179 Å². The molecular formula is C19H20Cl2FN3O3S. The van der Waals surface area contributed by atoms with Crippen molar-refractivity contribution in [2.45, 2.75) is 11.3 Å². The Morgan fingerprint density at radius 1 is 1.03 bits per heavy atom. The van der Waals surface area contributed by atoms with Gasteiger partial charge in [0.25, 0.3) is 0 Å². The zero-order valence-corrected chi connectivity index (χ0v) is 17.8. The second-order valence-corrected chi connectivity index (χ2v) is 9.38. The largest absolute Gasteiger partial charge is 0.326 e. The molecule has 2 aromatic rings. The number of anilines is 1. The molecule has 0 unspecified atom stereocenters. The van der Waals surface area contributed by atoms with Gasteiger partial charge in [-0.1, -0.05) is 29.3 Å². The Kier molecular flexibility index (Phi) is 7.13. The van der Waals surface area contributed by atoms with Crippen LogP contribution in [-0.4, -0.2) is 56.3 Å². The monoisotopic (exact) mass is 459 g/mol. The van der Waals surface area contributed by atoms with Gasteiger partial charge in [0.15, 0.2) is 0 Å². The summed E-state index contributed by atoms with van der Waals surface area (Å²) < 4.78 is 40.1. The Morgan fingerprint density at radius 2 is 1.76 bits per heavy atom. The van der Waals surface area contributed by atoms with Crippen LogP contribution in [0.5, 0.6) is 0 Å². The number of carbonyl (C=O) groups excluding carboxylic acids is 1. The fraction of sp³-hybridized carbons (Fsp3) is 0.316. The van der Waals surface area contributed by atoms with E-state index in [0.717, 1.165) is 0 Å². The number of amides is 1. The minimum Gasteiger partial charge on any atom is -0.326 e. The predicted molar refractivity (Wildman–Crippen MR) is 111 cm³/mol. The maximum atomic E-state index is 13.2. The standard InChI is InChI=1S/C19H20Cl2FN3O3S/c20-17-5-4-16(13-18(17)21)29(27,28)25-10-8-24(9-11-25)7-6-19(26)23-15-3-1-2-14(22)12-15/h1-5,12-13H,6-11H2,(H,23,26). The van der Waals surface area contributed by atoms with E-state index in [1.54, 1.807) is 6.07 Å². The van der Waals surface area contributed by atoms with Crippen LogP contribution in [-0.2, 0) is 14.8 Å². The molecule has 1 aliphatic heterocycles. The topological polar surface area (TPSA) is 69.7 Å². The molecule has 1 saturated heterocycles. The number of hydrogen-bond acceptors (Lipinski definition) is 4. The Balaban J connectivity index is 1.50. The predicted octanol–water partition coefficient (Wildman–Crippen LogP) is 3.47. The highest BCUT2D eigenvalue weighted by molar-refractivity contribution is 7.89. The molecule has 3 rings (SSSR count). The third-order valence-corrected chi connectivity index (χ3v) is 7.26. The van der Waals surface area contributed by atoms with Crippen molar-refractivity contribution in [2.75, 3.05) is 38.0 Å². The molecule has 10 heteroatoms. The second-order valence-electron chi connectivity index (χ2n) is 6.63. The third-order valence-electron chi connectivity index (χ3n) is 4.62. The molecule has 156 valence electrons. The van der Waals surface area contributed by atoms with Gasteiger partial charge in [-0.05, 0) is 36.4 Å². The average Bonchev–Trinajstić information content (AvgIpc) is 2.69. The quantitative estimate of drug-likeness (QED) is 0.717. The molecule has 0 radical (unpaired) electrons. The van der Waals surface area contributed by atoms with Crippen molar-refractivity contribution in [1.29, 1.82) is 0 Å². The van der Waals surface area contributed by atoms with Crippen LogP contribution >= 0.6 is 23.2 Å². The summed E-state index contributed by atoms with van der Waals surface area (Å²) in [4.78, 5) is 14.2. The normalized spacial score (nSPS) is 16.0. The first-order chi connectivity index (χ1) is 13.8. The van der Waals surface area contributed by atoms with Crippen molar-refractivity contribution in [3.63, 3.8) is 0 Å². The summed E-state index contributed by atoms with van der Waals surface area (Å²) >= 11 is 11.8. The molecule has 1 fully saturated rings. The van der Waals surface area contributed by atoms with Crippen molar-refractivity contribution in [3.05, 3.63) is 58.3 Å². The number of nitrogens with one attached hydrogen (secondary N) is 1. The summed E-state index contributed by atoms with van der Waals surface area (Å²) in [6, 6.07) is 9.96. The van der Waals surface area contributed by atoms with Crippen molar-refractivity contribution >= 4 is 44.8 Å². The van der Waals surface area contributed by atoms with E-state index in [0.29, 0.717) is 43.4 Å². The van der Waals surface area contributed by atoms with Gasteiger partial charge in [0.2, 0.25) is 15.9 Å². The van der Waals surface area contributed by atoms with Crippen LogP contribution in [0.3, 0.4) is 0 Å². The van der Waals surface area contributed by atoms with Crippen LogP contribution in [0.2, 0.25) is 10.0 Å². The number of benzene rings is 2. The second kappa shape index (κ2) is 9.40. The number of nitrogens with zero attached hydrogens (tertiary/aromatic N) is 2. The molecular weight excluding hydrogens is 440 g/mol. The Hall–Kier alpha value is -1.71. The maximum Gasteiger partial charge on any atom is 0.243 e. The van der Waals surface area contributed by atoms with E-state index >= 15 is 0 Å². The molecule has 0 saturated carbocycles. The lowest BCUT2D eigenvalue weighted by molar-refractivity contribution is -0.116. The molecule has 2 aromatic carbocycles. The van der Waals surface area contributed by atoms with Gasteiger partial charge in [0.05, 0.1) is 14.9 Å². The molecule has 1 amide bonds. The van der Waals surface area contributed by atoms with Gasteiger partial charge in [-0.25, -0.2) is 12.8 Å². The van der Waals surface area contributed by atoms with Crippen molar-refractivity contribution in [1.82, 2.24) is 9.21 Å². The molecule has 29 heavy (non-hydrogen) atoms. The van der Waals surface area contributed by atoms with Crippen molar-refractivity contribution in [3.8, 4) is 0 Å². The summed E-state index contributed by atoms with van der Waals surface area (Å²) in [5, 5.41) is 3.14. The van der Waals surface area contributed by atoms with Gasteiger partial charge >= 0.3 is 0 Å². The maximum absolute atomic E-state index is 13.2. The smallest absolute Gasteiger partial charge is 0.243 e. The van der Waals surface area contributed by atoms with E-state index in [1.807, 2.05) is 4.90 Å². The fourth-order valence-corrected chi connectivity index (χ4v) is 4.84. The molecule has 0 aromatic heterocycles. The van der Waals surface area contributed by atoms with Crippen LogP contribution in [0.15, 0.2) is 47.4 Å². The zero-order valence-electron chi connectivity index (χ0n) is 15.4. The fourth-order valence-electron chi connectivity index (χ4n) is 3.03. The van der Waals surface area contributed by atoms with E-state index in [1.165, 1.54) is 40.7 Å². The summed E-state index contributed by atoms with van der Waals surface area (Å²) in [6.45, 7) is 2.13. The molecule has 1 N–H and O–H groups in total. The number of sulfonamides is 1. The van der Waals surface area contributed by atoms with Crippen LogP contribution in [0.4, 0.5) is 10.1 Å².